The van der Waals surface area contributed by atoms with Gasteiger partial charge >= 0.3 is 7.12 Å². The van der Waals surface area contributed by atoms with Crippen molar-refractivity contribution in [3.8, 4) is 0 Å². The van der Waals surface area contributed by atoms with Gasteiger partial charge in [-0.2, -0.15) is 0 Å². The van der Waals surface area contributed by atoms with Crippen LogP contribution < -0.4 is 5.46 Å². The molecule has 0 radical (unpaired) electrons. The third-order valence-electron chi connectivity index (χ3n) is 4.98. The fraction of sp³-hybridized carbons (Fsp3) is 0.667. The lowest BCUT2D eigenvalue weighted by atomic mass is 9.79. The van der Waals surface area contributed by atoms with Crippen LogP contribution in [0.5, 0.6) is 0 Å². The van der Waals surface area contributed by atoms with Crippen molar-refractivity contribution in [3.63, 3.8) is 0 Å². The second kappa shape index (κ2) is 5.59. The van der Waals surface area contributed by atoms with Crippen molar-refractivity contribution in [1.29, 1.82) is 0 Å². The van der Waals surface area contributed by atoms with Crippen molar-refractivity contribution in [2.24, 2.45) is 5.41 Å². The van der Waals surface area contributed by atoms with Crippen LogP contribution in [0.1, 0.15) is 53.4 Å². The predicted molar refractivity (Wildman–Crippen MR) is 90.6 cm³/mol. The molecule has 2 saturated heterocycles. The molecule has 0 atom stereocenters. The van der Waals surface area contributed by atoms with E-state index in [1.165, 1.54) is 0 Å². The van der Waals surface area contributed by atoms with Crippen molar-refractivity contribution < 1.29 is 18.8 Å². The number of rotatable bonds is 2. The largest absolute Gasteiger partial charge is 0.494 e. The van der Waals surface area contributed by atoms with E-state index in [0.717, 1.165) is 11.0 Å². The normalized spacial score (nSPS) is 26.4. The summed E-state index contributed by atoms with van der Waals surface area (Å²) in [5.41, 5.74) is 1.48. The van der Waals surface area contributed by atoms with Crippen LogP contribution in [0.25, 0.3) is 0 Å². The molecule has 126 valence electrons. The molecule has 1 aromatic carbocycles. The Morgan fingerprint density at radius 1 is 0.826 bits per heavy atom. The molecule has 0 N–H and O–H groups in total. The number of hydrogen-bond donors (Lipinski definition) is 0. The first-order chi connectivity index (χ1) is 10.6. The molecule has 23 heavy (non-hydrogen) atoms. The Kier molecular flexibility index (Phi) is 4.12. The van der Waals surface area contributed by atoms with Gasteiger partial charge in [0.1, 0.15) is 0 Å². The molecule has 1 aromatic rings. The Morgan fingerprint density at radius 3 is 1.78 bits per heavy atom. The van der Waals surface area contributed by atoms with Crippen molar-refractivity contribution >= 4 is 12.6 Å². The van der Waals surface area contributed by atoms with E-state index in [4.69, 9.17) is 18.8 Å². The standard InChI is InChI=1S/C18H27BO4/c1-16(2)11-20-15(21-12-16)13-7-9-14(10-8-13)19-22-17(3,4)18(5,6)23-19/h7-10,15H,11-12H2,1-6H3. The van der Waals surface area contributed by atoms with E-state index >= 15 is 0 Å². The van der Waals surface area contributed by atoms with E-state index in [1.54, 1.807) is 0 Å². The monoisotopic (exact) mass is 318 g/mol. The minimum atomic E-state index is -0.332. The minimum absolute atomic E-state index is 0.0825. The molecule has 3 rings (SSSR count). The summed E-state index contributed by atoms with van der Waals surface area (Å²) in [4.78, 5) is 0. The molecule has 4 nitrogen and oxygen atoms in total. The highest BCUT2D eigenvalue weighted by Crippen LogP contribution is 2.36. The summed E-state index contributed by atoms with van der Waals surface area (Å²) in [5.74, 6) is 0. The summed E-state index contributed by atoms with van der Waals surface area (Å²) in [5, 5.41) is 0. The molecule has 2 aliphatic heterocycles. The summed E-state index contributed by atoms with van der Waals surface area (Å²) in [6, 6.07) is 8.13. The molecule has 0 bridgehead atoms. The van der Waals surface area contributed by atoms with E-state index in [1.807, 2.05) is 24.3 Å². The van der Waals surface area contributed by atoms with Crippen LogP contribution in [0.4, 0.5) is 0 Å². The third kappa shape index (κ3) is 3.34. The Balaban J connectivity index is 1.69. The summed E-state index contributed by atoms with van der Waals surface area (Å²) in [6.07, 6.45) is -0.282. The maximum Gasteiger partial charge on any atom is 0.494 e. The van der Waals surface area contributed by atoms with E-state index in [2.05, 4.69) is 41.5 Å². The van der Waals surface area contributed by atoms with Crippen LogP contribution in [-0.2, 0) is 18.8 Å². The van der Waals surface area contributed by atoms with E-state index in [9.17, 15) is 0 Å². The van der Waals surface area contributed by atoms with Crippen LogP contribution in [0, 0.1) is 5.41 Å². The van der Waals surface area contributed by atoms with Crippen molar-refractivity contribution in [2.45, 2.75) is 59.0 Å². The Labute approximate surface area is 139 Å². The number of ether oxygens (including phenoxy) is 2. The Bertz CT molecular complexity index is 539. The molecule has 2 aliphatic rings. The molecule has 5 heteroatoms. The molecular formula is C18H27BO4. The molecule has 0 unspecified atom stereocenters. The van der Waals surface area contributed by atoms with E-state index < -0.39 is 0 Å². The summed E-state index contributed by atoms with van der Waals surface area (Å²) in [7, 11) is -0.332. The first kappa shape index (κ1) is 17.0. The second-order valence-electron chi connectivity index (χ2n) is 8.37. The highest BCUT2D eigenvalue weighted by atomic mass is 16.7. The van der Waals surface area contributed by atoms with Crippen LogP contribution >= 0.6 is 0 Å². The minimum Gasteiger partial charge on any atom is -0.399 e. The van der Waals surface area contributed by atoms with Crippen LogP contribution in [-0.4, -0.2) is 31.5 Å². The number of hydrogen-bond acceptors (Lipinski definition) is 4. The number of benzene rings is 1. The van der Waals surface area contributed by atoms with Crippen LogP contribution in [0.3, 0.4) is 0 Å². The molecular weight excluding hydrogens is 291 g/mol. The lowest BCUT2D eigenvalue weighted by molar-refractivity contribution is -0.226. The maximum atomic E-state index is 6.08. The van der Waals surface area contributed by atoms with E-state index in [-0.39, 0.29) is 30.0 Å². The van der Waals surface area contributed by atoms with Gasteiger partial charge in [0.2, 0.25) is 0 Å². The fourth-order valence-corrected chi connectivity index (χ4v) is 2.67. The highest BCUT2D eigenvalue weighted by Gasteiger charge is 2.51. The Morgan fingerprint density at radius 2 is 1.30 bits per heavy atom. The fourth-order valence-electron chi connectivity index (χ4n) is 2.67. The molecule has 0 saturated carbocycles. The van der Waals surface area contributed by atoms with Gasteiger partial charge in [-0.15, -0.1) is 0 Å². The maximum absolute atomic E-state index is 6.08. The van der Waals surface area contributed by atoms with Gasteiger partial charge in [0.15, 0.2) is 6.29 Å². The topological polar surface area (TPSA) is 36.9 Å². The zero-order valence-corrected chi connectivity index (χ0v) is 15.0. The quantitative estimate of drug-likeness (QED) is 0.786. The highest BCUT2D eigenvalue weighted by molar-refractivity contribution is 6.62. The van der Waals surface area contributed by atoms with Crippen LogP contribution in [0.2, 0.25) is 0 Å². The average molecular weight is 318 g/mol. The van der Waals surface area contributed by atoms with Gasteiger partial charge < -0.3 is 18.8 Å². The zero-order valence-electron chi connectivity index (χ0n) is 15.0. The smallest absolute Gasteiger partial charge is 0.399 e. The molecule has 0 aromatic heterocycles. The van der Waals surface area contributed by atoms with Crippen molar-refractivity contribution in [2.75, 3.05) is 13.2 Å². The third-order valence-corrected chi connectivity index (χ3v) is 4.98. The van der Waals surface area contributed by atoms with Crippen molar-refractivity contribution in [1.82, 2.24) is 0 Å². The molecule has 0 amide bonds. The van der Waals surface area contributed by atoms with Gasteiger partial charge in [-0.05, 0) is 33.2 Å². The van der Waals surface area contributed by atoms with Gasteiger partial charge in [0.05, 0.1) is 24.4 Å². The van der Waals surface area contributed by atoms with Gasteiger partial charge in [0, 0.05) is 11.0 Å². The average Bonchev–Trinajstić information content (AvgIpc) is 2.68. The zero-order chi connectivity index (χ0) is 16.9. The first-order valence-corrected chi connectivity index (χ1v) is 8.28. The molecule has 0 aliphatic carbocycles. The molecule has 2 heterocycles. The van der Waals surface area contributed by atoms with E-state index in [0.29, 0.717) is 13.2 Å². The van der Waals surface area contributed by atoms with Gasteiger partial charge in [0.25, 0.3) is 0 Å². The molecule has 2 fully saturated rings. The SMILES string of the molecule is CC1(C)COC(c2ccc(B3OC(C)(C)C(C)(C)O3)cc2)OC1. The van der Waals surface area contributed by atoms with Crippen molar-refractivity contribution in [3.05, 3.63) is 29.8 Å². The van der Waals surface area contributed by atoms with Crippen LogP contribution in [0.15, 0.2) is 24.3 Å². The molecule has 0 spiro atoms. The first-order valence-electron chi connectivity index (χ1n) is 8.28. The second-order valence-corrected chi connectivity index (χ2v) is 8.37. The van der Waals surface area contributed by atoms with Gasteiger partial charge in [-0.1, -0.05) is 38.1 Å². The summed E-state index contributed by atoms with van der Waals surface area (Å²) in [6.45, 7) is 13.9. The van der Waals surface area contributed by atoms with Gasteiger partial charge in [-0.3, -0.25) is 0 Å². The van der Waals surface area contributed by atoms with Gasteiger partial charge in [-0.25, -0.2) is 0 Å². The Hall–Kier alpha value is -0.875. The summed E-state index contributed by atoms with van der Waals surface area (Å²) >= 11 is 0. The summed E-state index contributed by atoms with van der Waals surface area (Å²) < 4.78 is 23.8. The lowest BCUT2D eigenvalue weighted by Crippen LogP contribution is -2.41. The lowest BCUT2D eigenvalue weighted by Gasteiger charge is -2.34. The predicted octanol–water partition coefficient (Wildman–Crippen LogP) is 3.06.